The van der Waals surface area contributed by atoms with Crippen molar-refractivity contribution in [3.05, 3.63) is 95.7 Å². The van der Waals surface area contributed by atoms with Crippen LogP contribution in [0.15, 0.2) is 79.0 Å². The van der Waals surface area contributed by atoms with Crippen molar-refractivity contribution in [3.8, 4) is 11.5 Å². The summed E-state index contributed by atoms with van der Waals surface area (Å²) in [7, 11) is 1.82. The molecule has 4 heterocycles. The molecule has 3 aliphatic rings. The molecule has 538 valence electrons. The predicted octanol–water partition coefficient (Wildman–Crippen LogP) is -0.198. The number of ether oxygens (including phenoxy) is 1. The Balaban J connectivity index is 1.24. The zero-order valence-electron chi connectivity index (χ0n) is 55.1. The summed E-state index contributed by atoms with van der Waals surface area (Å²) in [6.45, 7) is 1.05. The number of aliphatic carboxylic acids is 1. The molecule has 0 bridgehead atoms. The van der Waals surface area contributed by atoms with Gasteiger partial charge in [-0.15, -0.1) is 0 Å². The van der Waals surface area contributed by atoms with E-state index in [4.69, 9.17) is 21.9 Å². The number of rotatable bonds is 21. The van der Waals surface area contributed by atoms with E-state index in [1.807, 2.05) is 18.2 Å². The molecular formula is C67H92N14O16S2. The molecule has 0 spiro atoms. The summed E-state index contributed by atoms with van der Waals surface area (Å²) in [6.07, 6.45) is 3.46. The monoisotopic (exact) mass is 1410 g/mol. The van der Waals surface area contributed by atoms with Gasteiger partial charge < -0.3 is 95.0 Å². The fraction of sp³-hybridized carbons (Fsp3) is 0.522. The number of carboxylic acid groups (broad SMARTS) is 1. The Labute approximate surface area is 580 Å². The topological polar surface area (TPSA) is 480 Å². The first-order valence-corrected chi connectivity index (χ1v) is 35.9. The minimum Gasteiger partial charge on any atom is -0.508 e. The highest BCUT2D eigenvalue weighted by Gasteiger charge is 2.40. The summed E-state index contributed by atoms with van der Waals surface area (Å²) in [5, 5.41) is 55.7. The number of aromatic hydroxyl groups is 2. The van der Waals surface area contributed by atoms with Crippen LogP contribution in [0.5, 0.6) is 11.5 Å². The molecule has 3 aliphatic heterocycles. The maximum Gasteiger partial charge on any atom is 0.303 e. The second-order valence-corrected chi connectivity index (χ2v) is 27.4. The minimum absolute atomic E-state index is 0.0302. The van der Waals surface area contributed by atoms with E-state index in [-0.39, 0.29) is 120 Å². The third-order valence-corrected chi connectivity index (χ3v) is 19.8. The molecule has 99 heavy (non-hydrogen) atoms. The zero-order valence-corrected chi connectivity index (χ0v) is 56.7. The van der Waals surface area contributed by atoms with E-state index < -0.39 is 138 Å². The lowest BCUT2D eigenvalue weighted by atomic mass is 9.90. The maximum absolute atomic E-state index is 15.3. The number of phenolic OH excluding ortho intramolecular Hbond substituents is 2. The smallest absolute Gasteiger partial charge is 0.303 e. The lowest BCUT2D eigenvalue weighted by Gasteiger charge is -2.33. The molecule has 4 aromatic rings. The first kappa shape index (κ1) is 77.4. The number of likely N-dealkylation sites (tertiary alicyclic amines) is 1. The molecule has 7 rings (SSSR count). The van der Waals surface area contributed by atoms with Gasteiger partial charge in [0.05, 0.1) is 0 Å². The van der Waals surface area contributed by atoms with E-state index in [9.17, 15) is 63.3 Å². The largest absolute Gasteiger partial charge is 0.508 e. The summed E-state index contributed by atoms with van der Waals surface area (Å²) in [6, 6.07) is 6.52. The molecule has 19 N–H and O–H groups in total. The number of nitrogens with two attached hydrogens (primary N) is 3. The summed E-state index contributed by atoms with van der Waals surface area (Å²) in [5.41, 5.74) is 19.8. The van der Waals surface area contributed by atoms with E-state index in [0.29, 0.717) is 61.8 Å². The Morgan fingerprint density at radius 1 is 0.646 bits per heavy atom. The molecule has 1 aromatic heterocycles. The van der Waals surface area contributed by atoms with Crippen molar-refractivity contribution in [2.75, 3.05) is 50.9 Å². The Bertz CT molecular complexity index is 3430. The second-order valence-electron chi connectivity index (χ2n) is 24.8. The number of H-pyrrole nitrogens is 1. The van der Waals surface area contributed by atoms with Gasteiger partial charge in [-0.05, 0) is 124 Å². The number of hydrogen-bond donors (Lipinski definition) is 16. The number of hydrogen-bond acceptors (Lipinski definition) is 19. The van der Waals surface area contributed by atoms with Crippen LogP contribution >= 0.6 is 21.6 Å². The third-order valence-electron chi connectivity index (χ3n) is 17.4. The lowest BCUT2D eigenvalue weighted by molar-refractivity contribution is -0.139. The van der Waals surface area contributed by atoms with E-state index in [2.05, 4.69) is 52.8 Å². The first-order valence-electron chi connectivity index (χ1n) is 33.4. The minimum atomic E-state index is -1.60. The van der Waals surface area contributed by atoms with E-state index in [0.717, 1.165) is 32.5 Å². The van der Waals surface area contributed by atoms with Crippen molar-refractivity contribution in [1.29, 1.82) is 0 Å². The average Bonchev–Trinajstić information content (AvgIpc) is 1.75. The Hall–Kier alpha value is -8.98. The van der Waals surface area contributed by atoms with Crippen LogP contribution in [-0.4, -0.2) is 201 Å². The number of nitrogens with zero attached hydrogens (tertiary/aromatic N) is 1. The van der Waals surface area contributed by atoms with Gasteiger partial charge >= 0.3 is 5.97 Å². The number of phenols is 2. The van der Waals surface area contributed by atoms with Crippen LogP contribution in [-0.2, 0) is 81.5 Å². The molecule has 3 aromatic carbocycles. The first-order chi connectivity index (χ1) is 47.6. The number of carboxylic acids is 1. The highest BCUT2D eigenvalue weighted by molar-refractivity contribution is 8.76. The summed E-state index contributed by atoms with van der Waals surface area (Å²) < 4.78 is 5.67. The number of primary amides is 1. The van der Waals surface area contributed by atoms with Crippen LogP contribution in [0.2, 0.25) is 0 Å². The third kappa shape index (κ3) is 24.5. The fourth-order valence-electron chi connectivity index (χ4n) is 11.9. The molecule has 0 radical (unpaired) electrons. The zero-order chi connectivity index (χ0) is 71.4. The van der Waals surface area contributed by atoms with Crippen LogP contribution in [0.25, 0.3) is 10.9 Å². The number of unbranched alkanes of at least 4 members (excludes halogenated alkanes) is 1. The van der Waals surface area contributed by atoms with Crippen molar-refractivity contribution in [2.24, 2.45) is 23.1 Å². The van der Waals surface area contributed by atoms with Crippen molar-refractivity contribution < 1.29 is 77.6 Å². The number of amides is 11. The van der Waals surface area contributed by atoms with Crippen molar-refractivity contribution in [1.82, 2.24) is 57.7 Å². The number of carbonyl (C=O) groups is 12. The molecule has 32 heteroatoms. The maximum atomic E-state index is 15.3. The number of aromatic amines is 1. The quantitative estimate of drug-likeness (QED) is 0.0379. The van der Waals surface area contributed by atoms with Crippen molar-refractivity contribution in [3.63, 3.8) is 0 Å². The molecule has 9 atom stereocenters. The normalized spacial score (nSPS) is 23.2. The van der Waals surface area contributed by atoms with Crippen LogP contribution in [0, 0.1) is 5.92 Å². The molecule has 0 unspecified atom stereocenters. The number of fused-ring (bicyclic) bond motifs is 1. The van der Waals surface area contributed by atoms with E-state index in [1.165, 1.54) is 41.3 Å². The SMILES string of the molecule is NCCCC[C@@H]1NC(=O)[C@H](Cc2ccc(O)cc2)NC(=O)[C@@H](C2CCOCC2)NC(=O)[C@@H](NC(=O)[C@H](Cc2ccc(O)cc2)NC(=O)[C@@H]2CCCN2C(=O)CCN)CSSC[C@@H](C(N)=O)NC(=O)[C@H](CCC(=O)O)NC(=O)[C@H](Cc2c[nH]c3ccccc23)NC(=O)CCCCCNC1=O. The summed E-state index contributed by atoms with van der Waals surface area (Å²) in [5.74, 6) is -11.2. The Kier molecular flexibility index (Phi) is 30.9. The lowest BCUT2D eigenvalue weighted by Crippen LogP contribution is -2.62. The van der Waals surface area contributed by atoms with Crippen LogP contribution in [0.1, 0.15) is 107 Å². The number of nitrogens with one attached hydrogen (secondary N) is 10. The summed E-state index contributed by atoms with van der Waals surface area (Å²) in [4.78, 5) is 174. The van der Waals surface area contributed by atoms with Gasteiger partial charge in [-0.25, -0.2) is 0 Å². The molecule has 0 aliphatic carbocycles. The van der Waals surface area contributed by atoms with Gasteiger partial charge in [0.25, 0.3) is 0 Å². The molecule has 3 saturated heterocycles. The Morgan fingerprint density at radius 3 is 1.97 bits per heavy atom. The van der Waals surface area contributed by atoms with Crippen LogP contribution in [0.3, 0.4) is 0 Å². The second kappa shape index (κ2) is 39.6. The fourth-order valence-corrected chi connectivity index (χ4v) is 14.2. The predicted molar refractivity (Wildman–Crippen MR) is 368 cm³/mol. The average molecular weight is 1410 g/mol. The standard InChI is InChI=1S/C67H92N14O16S2/c68-27-6-5-11-47-60(89)71-29-7-1-2-13-55(84)73-51(35-42-36-72-46-10-4-3-9-45(42)46)64(93)75-48(22-23-57(86)87)61(90)78-52(59(70)88)37-98-99-38-53(79-63(92)49(33-39-14-18-43(82)19-15-39)76-66(95)54-12-8-30-81(54)56(85)24-28-69)65(94)80-58(41-25-31-97-32-26-41)67(96)77-50(62(91)74-47)34-40-16-20-44(83)21-17-40/h3-4,9-10,14-21,36,41,47-54,58,72,82-83H,1-2,5-8,11-13,22-35,37-38,68-69H2,(H2,70,88)(H,71,89)(H,73,84)(H,74,91)(H,75,93)(H,76,95)(H,77,96)(H,78,90)(H,79,92)(H,80,94)(H,86,87)/t47-,48-,49-,50-,51-,52-,53-,54-,58+/m0/s1. The van der Waals surface area contributed by atoms with Crippen molar-refractivity contribution >= 4 is 103 Å². The van der Waals surface area contributed by atoms with Gasteiger partial charge in [0, 0.05) is 100.0 Å². The van der Waals surface area contributed by atoms with Gasteiger partial charge in [0.15, 0.2) is 0 Å². The molecule has 3 fully saturated rings. The molecule has 0 saturated carbocycles. The number of carbonyl (C=O) groups excluding carboxylic acids is 11. The Morgan fingerprint density at radius 2 is 1.29 bits per heavy atom. The number of aromatic nitrogens is 1. The highest BCUT2D eigenvalue weighted by atomic mass is 33.1. The van der Waals surface area contributed by atoms with E-state index in [1.54, 1.807) is 24.4 Å². The number of para-hydroxylation sites is 1. The van der Waals surface area contributed by atoms with E-state index >= 15 is 9.59 Å². The van der Waals surface area contributed by atoms with Crippen molar-refractivity contribution in [2.45, 2.75) is 164 Å². The highest BCUT2D eigenvalue weighted by Crippen LogP contribution is 2.27. The van der Waals surface area contributed by atoms with Crippen LogP contribution in [0.4, 0.5) is 0 Å². The van der Waals surface area contributed by atoms with Gasteiger partial charge in [-0.1, -0.05) is 70.5 Å². The number of benzene rings is 3. The molecular weight excluding hydrogens is 1320 g/mol. The van der Waals surface area contributed by atoms with Gasteiger partial charge in [0.1, 0.15) is 65.9 Å². The van der Waals surface area contributed by atoms with Crippen LogP contribution < -0.4 is 65.1 Å². The summed E-state index contributed by atoms with van der Waals surface area (Å²) >= 11 is 0. The molecule has 30 nitrogen and oxygen atoms in total. The molecule has 11 amide bonds. The van der Waals surface area contributed by atoms with Gasteiger partial charge in [-0.2, -0.15) is 0 Å². The van der Waals surface area contributed by atoms with Gasteiger partial charge in [-0.3, -0.25) is 57.5 Å². The van der Waals surface area contributed by atoms with Gasteiger partial charge in [0.2, 0.25) is 65.0 Å².